The van der Waals surface area contributed by atoms with E-state index in [0.717, 1.165) is 50.3 Å². The van der Waals surface area contributed by atoms with Gasteiger partial charge >= 0.3 is 0 Å². The van der Waals surface area contributed by atoms with Crippen LogP contribution in [-0.2, 0) is 18.3 Å². The normalized spacial score (nSPS) is 16.6. The quantitative estimate of drug-likeness (QED) is 0.886. The predicted molar refractivity (Wildman–Crippen MR) is 76.3 cm³/mol. The molecule has 1 aliphatic rings. The van der Waals surface area contributed by atoms with E-state index in [4.69, 9.17) is 4.74 Å². The first-order chi connectivity index (χ1) is 9.83. The van der Waals surface area contributed by atoms with Crippen LogP contribution in [0.4, 0.5) is 0 Å². The van der Waals surface area contributed by atoms with Gasteiger partial charge in [-0.1, -0.05) is 0 Å². The van der Waals surface area contributed by atoms with Crippen molar-refractivity contribution < 1.29 is 4.74 Å². The molecule has 0 atom stereocenters. The average molecular weight is 275 g/mol. The Morgan fingerprint density at radius 2 is 2.20 bits per heavy atom. The highest BCUT2D eigenvalue weighted by atomic mass is 16.5. The van der Waals surface area contributed by atoms with Crippen LogP contribution in [0.5, 0.6) is 0 Å². The van der Waals surface area contributed by atoms with Crippen LogP contribution in [0.25, 0.3) is 11.3 Å². The molecular formula is C14H21N5O. The first-order valence-electron chi connectivity index (χ1n) is 7.14. The van der Waals surface area contributed by atoms with Crippen molar-refractivity contribution in [3.05, 3.63) is 24.9 Å². The molecule has 6 heteroatoms. The fourth-order valence-electron chi connectivity index (χ4n) is 2.57. The fraction of sp³-hybridized carbons (Fsp3) is 0.571. The lowest BCUT2D eigenvalue weighted by Gasteiger charge is -2.23. The van der Waals surface area contributed by atoms with Crippen molar-refractivity contribution in [1.82, 2.24) is 24.6 Å². The van der Waals surface area contributed by atoms with E-state index in [-0.39, 0.29) is 0 Å². The van der Waals surface area contributed by atoms with Gasteiger partial charge in [0, 0.05) is 25.4 Å². The van der Waals surface area contributed by atoms with Gasteiger partial charge in [-0.2, -0.15) is 5.10 Å². The third-order valence-corrected chi connectivity index (χ3v) is 3.68. The molecule has 0 saturated carbocycles. The maximum absolute atomic E-state index is 5.94. The predicted octanol–water partition coefficient (Wildman–Crippen LogP) is 1.05. The third-order valence-electron chi connectivity index (χ3n) is 3.68. The lowest BCUT2D eigenvalue weighted by atomic mass is 10.1. The monoisotopic (exact) mass is 275 g/mol. The number of aryl methyl sites for hydroxylation is 1. The summed E-state index contributed by atoms with van der Waals surface area (Å²) in [5.74, 6) is 0. The van der Waals surface area contributed by atoms with Crippen molar-refractivity contribution >= 4 is 0 Å². The van der Waals surface area contributed by atoms with Crippen LogP contribution in [-0.4, -0.2) is 45.1 Å². The van der Waals surface area contributed by atoms with E-state index in [9.17, 15) is 0 Å². The molecule has 1 N–H and O–H groups in total. The van der Waals surface area contributed by atoms with Gasteiger partial charge in [0.05, 0.1) is 37.1 Å². The summed E-state index contributed by atoms with van der Waals surface area (Å²) in [4.78, 5) is 4.23. The minimum absolute atomic E-state index is 0.404. The molecule has 0 aliphatic carbocycles. The first kappa shape index (κ1) is 13.3. The minimum atomic E-state index is 0.404. The zero-order valence-corrected chi connectivity index (χ0v) is 11.8. The van der Waals surface area contributed by atoms with Crippen molar-refractivity contribution in [3.63, 3.8) is 0 Å². The Bertz CT molecular complexity index is 541. The van der Waals surface area contributed by atoms with Crippen LogP contribution >= 0.6 is 0 Å². The van der Waals surface area contributed by atoms with Gasteiger partial charge in [-0.25, -0.2) is 4.98 Å². The summed E-state index contributed by atoms with van der Waals surface area (Å²) in [5.41, 5.74) is 2.18. The van der Waals surface area contributed by atoms with Crippen LogP contribution in [0.2, 0.25) is 0 Å². The molecule has 1 aliphatic heterocycles. The van der Waals surface area contributed by atoms with Gasteiger partial charge in [0.1, 0.15) is 0 Å². The van der Waals surface area contributed by atoms with E-state index in [0.29, 0.717) is 6.10 Å². The maximum Gasteiger partial charge on any atom is 0.0951 e. The number of aromatic nitrogens is 4. The Hall–Kier alpha value is -1.66. The number of piperidine rings is 1. The number of ether oxygens (including phenoxy) is 1. The molecule has 3 rings (SSSR count). The van der Waals surface area contributed by atoms with E-state index in [1.165, 1.54) is 0 Å². The summed E-state index contributed by atoms with van der Waals surface area (Å²) in [7, 11) is 1.92. The van der Waals surface area contributed by atoms with E-state index in [2.05, 4.69) is 20.0 Å². The molecule has 2 aromatic rings. The lowest BCUT2D eigenvalue weighted by molar-refractivity contribution is 0.0286. The van der Waals surface area contributed by atoms with E-state index >= 15 is 0 Å². The van der Waals surface area contributed by atoms with Gasteiger partial charge < -0.3 is 14.6 Å². The molecule has 0 aromatic carbocycles. The molecule has 0 amide bonds. The lowest BCUT2D eigenvalue weighted by Crippen LogP contribution is -2.33. The number of nitrogens with one attached hydrogen (secondary N) is 1. The molecule has 6 nitrogen and oxygen atoms in total. The van der Waals surface area contributed by atoms with Crippen LogP contribution in [0.3, 0.4) is 0 Å². The second kappa shape index (κ2) is 6.19. The third kappa shape index (κ3) is 3.08. The molecule has 0 radical (unpaired) electrons. The Balaban J connectivity index is 1.56. The van der Waals surface area contributed by atoms with Gasteiger partial charge in [0.25, 0.3) is 0 Å². The number of hydrogen-bond acceptors (Lipinski definition) is 4. The van der Waals surface area contributed by atoms with Crippen LogP contribution in [0, 0.1) is 0 Å². The van der Waals surface area contributed by atoms with E-state index in [1.807, 2.05) is 32.0 Å². The summed E-state index contributed by atoms with van der Waals surface area (Å²) in [6.07, 6.45) is 10.2. The summed E-state index contributed by atoms with van der Waals surface area (Å²) >= 11 is 0. The maximum atomic E-state index is 5.94. The highest BCUT2D eigenvalue weighted by molar-refractivity contribution is 5.56. The van der Waals surface area contributed by atoms with Crippen molar-refractivity contribution in [1.29, 1.82) is 0 Å². The molecule has 3 heterocycles. The van der Waals surface area contributed by atoms with Gasteiger partial charge in [0.2, 0.25) is 0 Å². The van der Waals surface area contributed by atoms with Gasteiger partial charge in [-0.15, -0.1) is 0 Å². The van der Waals surface area contributed by atoms with E-state index < -0.39 is 0 Å². The minimum Gasteiger partial charge on any atom is -0.376 e. The van der Waals surface area contributed by atoms with Gasteiger partial charge in [-0.05, 0) is 25.9 Å². The van der Waals surface area contributed by atoms with Crippen molar-refractivity contribution in [3.8, 4) is 11.3 Å². The largest absolute Gasteiger partial charge is 0.376 e. The topological polar surface area (TPSA) is 56.9 Å². The Labute approximate surface area is 118 Å². The summed E-state index contributed by atoms with van der Waals surface area (Å²) in [5, 5.41) is 7.55. The van der Waals surface area contributed by atoms with Gasteiger partial charge in [0.15, 0.2) is 0 Å². The number of rotatable bonds is 5. The van der Waals surface area contributed by atoms with Crippen molar-refractivity contribution in [2.24, 2.45) is 7.05 Å². The Morgan fingerprint density at radius 1 is 1.35 bits per heavy atom. The molecule has 1 fully saturated rings. The van der Waals surface area contributed by atoms with Crippen LogP contribution < -0.4 is 5.32 Å². The highest BCUT2D eigenvalue weighted by Gasteiger charge is 2.13. The number of nitrogens with zero attached hydrogens (tertiary/aromatic N) is 4. The van der Waals surface area contributed by atoms with Crippen molar-refractivity contribution in [2.45, 2.75) is 25.5 Å². The molecule has 0 unspecified atom stereocenters. The second-order valence-electron chi connectivity index (χ2n) is 5.20. The Kier molecular flexibility index (Phi) is 4.13. The molecule has 0 bridgehead atoms. The highest BCUT2D eigenvalue weighted by Crippen LogP contribution is 2.17. The smallest absolute Gasteiger partial charge is 0.0951 e. The van der Waals surface area contributed by atoms with Crippen LogP contribution in [0.1, 0.15) is 12.8 Å². The summed E-state index contributed by atoms with van der Waals surface area (Å²) in [6.45, 7) is 3.69. The SMILES string of the molecule is Cn1cc(-c2cncn2CCOC2CCNCC2)cn1. The van der Waals surface area contributed by atoms with Crippen molar-refractivity contribution in [2.75, 3.05) is 19.7 Å². The summed E-state index contributed by atoms with van der Waals surface area (Å²) < 4.78 is 9.87. The zero-order valence-electron chi connectivity index (χ0n) is 11.8. The fourth-order valence-corrected chi connectivity index (χ4v) is 2.57. The number of imidazole rings is 1. The zero-order chi connectivity index (χ0) is 13.8. The molecule has 20 heavy (non-hydrogen) atoms. The van der Waals surface area contributed by atoms with E-state index in [1.54, 1.807) is 4.68 Å². The van der Waals surface area contributed by atoms with Crippen LogP contribution in [0.15, 0.2) is 24.9 Å². The molecule has 0 spiro atoms. The molecular weight excluding hydrogens is 254 g/mol. The number of hydrogen-bond donors (Lipinski definition) is 1. The van der Waals surface area contributed by atoms with Gasteiger partial charge in [-0.3, -0.25) is 4.68 Å². The molecule has 2 aromatic heterocycles. The second-order valence-corrected chi connectivity index (χ2v) is 5.20. The average Bonchev–Trinajstić information content (AvgIpc) is 3.09. The summed E-state index contributed by atoms with van der Waals surface area (Å²) in [6, 6.07) is 0. The molecule has 1 saturated heterocycles. The standard InChI is InChI=1S/C14H21N5O/c1-18-10-12(8-17-18)14-9-16-11-19(14)6-7-20-13-2-4-15-5-3-13/h8-11,13,15H,2-7H2,1H3. The molecule has 108 valence electrons. The first-order valence-corrected chi connectivity index (χ1v) is 7.14. The Morgan fingerprint density at radius 3 is 2.95 bits per heavy atom.